The quantitative estimate of drug-likeness (QED) is 0.839. The Kier molecular flexibility index (Phi) is 5.11. The van der Waals surface area contributed by atoms with E-state index in [0.29, 0.717) is 13.1 Å². The van der Waals surface area contributed by atoms with Crippen LogP contribution >= 0.6 is 0 Å². The lowest BCUT2D eigenvalue weighted by Gasteiger charge is -2.28. The fourth-order valence-corrected chi connectivity index (χ4v) is 3.29. The Labute approximate surface area is 132 Å². The highest BCUT2D eigenvalue weighted by molar-refractivity contribution is 5.95. The molecule has 4 heteroatoms. The van der Waals surface area contributed by atoms with Crippen molar-refractivity contribution in [2.45, 2.75) is 44.8 Å². The summed E-state index contributed by atoms with van der Waals surface area (Å²) in [5.74, 6) is 0.101. The number of ether oxygens (including phenoxy) is 2. The van der Waals surface area contributed by atoms with E-state index in [9.17, 15) is 4.79 Å². The van der Waals surface area contributed by atoms with Crippen molar-refractivity contribution in [1.29, 1.82) is 0 Å². The largest absolute Gasteiger partial charge is 0.376 e. The molecule has 2 heterocycles. The molecular formula is C18H25NO3. The van der Waals surface area contributed by atoms with Gasteiger partial charge < -0.3 is 14.4 Å². The average Bonchev–Trinajstić information content (AvgIpc) is 3.20. The molecule has 2 saturated heterocycles. The zero-order valence-electron chi connectivity index (χ0n) is 13.3. The summed E-state index contributed by atoms with van der Waals surface area (Å²) in [6.07, 6.45) is 4.63. The van der Waals surface area contributed by atoms with E-state index in [2.05, 4.69) is 0 Å². The average molecular weight is 303 g/mol. The number of carbonyl (C=O) groups is 1. The number of hydrogen-bond donors (Lipinski definition) is 0. The Morgan fingerprint density at radius 2 is 1.68 bits per heavy atom. The minimum Gasteiger partial charge on any atom is -0.376 e. The molecule has 0 spiro atoms. The second-order valence-electron chi connectivity index (χ2n) is 6.30. The van der Waals surface area contributed by atoms with E-state index in [1.807, 2.05) is 36.1 Å². The first-order valence-corrected chi connectivity index (χ1v) is 8.32. The zero-order chi connectivity index (χ0) is 15.4. The molecule has 0 N–H and O–H groups in total. The van der Waals surface area contributed by atoms with E-state index in [1.54, 1.807) is 0 Å². The molecule has 2 atom stereocenters. The molecule has 2 aliphatic rings. The van der Waals surface area contributed by atoms with Crippen LogP contribution in [-0.4, -0.2) is 49.3 Å². The van der Waals surface area contributed by atoms with Crippen LogP contribution < -0.4 is 0 Å². The van der Waals surface area contributed by atoms with E-state index in [1.165, 1.54) is 0 Å². The summed E-state index contributed by atoms with van der Waals surface area (Å²) in [6, 6.07) is 7.80. The molecule has 0 aliphatic carbocycles. The SMILES string of the molecule is Cc1ccccc1C(=O)N(CC1CCCO1)CC1CCCO1. The molecule has 120 valence electrons. The maximum absolute atomic E-state index is 13.0. The molecule has 0 radical (unpaired) electrons. The van der Waals surface area contributed by atoms with Crippen LogP contribution in [0.4, 0.5) is 0 Å². The minimum atomic E-state index is 0.101. The van der Waals surface area contributed by atoms with E-state index in [-0.39, 0.29) is 18.1 Å². The Hall–Kier alpha value is -1.39. The van der Waals surface area contributed by atoms with Gasteiger partial charge in [-0.2, -0.15) is 0 Å². The molecule has 1 amide bonds. The van der Waals surface area contributed by atoms with Crippen LogP contribution in [0, 0.1) is 6.92 Å². The monoisotopic (exact) mass is 303 g/mol. The number of aryl methyl sites for hydroxylation is 1. The fourth-order valence-electron chi connectivity index (χ4n) is 3.29. The van der Waals surface area contributed by atoms with Gasteiger partial charge in [0.25, 0.3) is 5.91 Å². The third kappa shape index (κ3) is 3.68. The van der Waals surface area contributed by atoms with E-state index in [4.69, 9.17) is 9.47 Å². The molecule has 0 bridgehead atoms. The predicted octanol–water partition coefficient (Wildman–Crippen LogP) is 2.80. The summed E-state index contributed by atoms with van der Waals surface area (Å²) in [6.45, 7) is 4.97. The van der Waals surface area contributed by atoms with Gasteiger partial charge in [-0.3, -0.25) is 4.79 Å². The Bertz CT molecular complexity index is 487. The van der Waals surface area contributed by atoms with Gasteiger partial charge in [-0.1, -0.05) is 18.2 Å². The van der Waals surface area contributed by atoms with Gasteiger partial charge in [-0.05, 0) is 44.2 Å². The Morgan fingerprint density at radius 1 is 1.09 bits per heavy atom. The third-order valence-electron chi connectivity index (χ3n) is 4.56. The van der Waals surface area contributed by atoms with Crippen molar-refractivity contribution in [3.05, 3.63) is 35.4 Å². The number of carbonyl (C=O) groups excluding carboxylic acids is 1. The van der Waals surface area contributed by atoms with Crippen molar-refractivity contribution >= 4 is 5.91 Å². The van der Waals surface area contributed by atoms with E-state index >= 15 is 0 Å². The molecule has 1 aromatic rings. The van der Waals surface area contributed by atoms with Crippen LogP contribution in [0.15, 0.2) is 24.3 Å². The molecule has 1 aromatic carbocycles. The van der Waals surface area contributed by atoms with Crippen LogP contribution in [0.1, 0.15) is 41.6 Å². The summed E-state index contributed by atoms with van der Waals surface area (Å²) < 4.78 is 11.5. The fraction of sp³-hybridized carbons (Fsp3) is 0.611. The van der Waals surface area contributed by atoms with Crippen molar-refractivity contribution in [2.75, 3.05) is 26.3 Å². The summed E-state index contributed by atoms with van der Waals surface area (Å²) in [7, 11) is 0. The molecule has 22 heavy (non-hydrogen) atoms. The van der Waals surface area contributed by atoms with E-state index in [0.717, 1.165) is 50.0 Å². The summed E-state index contributed by atoms with van der Waals surface area (Å²) >= 11 is 0. The van der Waals surface area contributed by atoms with Crippen LogP contribution in [0.25, 0.3) is 0 Å². The summed E-state index contributed by atoms with van der Waals surface area (Å²) in [4.78, 5) is 14.9. The van der Waals surface area contributed by atoms with Crippen LogP contribution in [-0.2, 0) is 9.47 Å². The van der Waals surface area contributed by atoms with Gasteiger partial charge in [-0.15, -0.1) is 0 Å². The lowest BCUT2D eigenvalue weighted by Crippen LogP contribution is -2.42. The number of hydrogen-bond acceptors (Lipinski definition) is 3. The maximum Gasteiger partial charge on any atom is 0.254 e. The molecule has 2 unspecified atom stereocenters. The molecule has 2 aliphatic heterocycles. The lowest BCUT2D eigenvalue weighted by atomic mass is 10.1. The molecule has 3 rings (SSSR count). The van der Waals surface area contributed by atoms with Crippen molar-refractivity contribution in [1.82, 2.24) is 4.90 Å². The van der Waals surface area contributed by atoms with Crippen molar-refractivity contribution in [3.8, 4) is 0 Å². The third-order valence-corrected chi connectivity index (χ3v) is 4.56. The first-order chi connectivity index (χ1) is 10.7. The van der Waals surface area contributed by atoms with Gasteiger partial charge in [0.15, 0.2) is 0 Å². The minimum absolute atomic E-state index is 0.101. The van der Waals surface area contributed by atoms with Gasteiger partial charge in [0.1, 0.15) is 0 Å². The second kappa shape index (κ2) is 7.25. The molecule has 0 aromatic heterocycles. The van der Waals surface area contributed by atoms with Crippen LogP contribution in [0.5, 0.6) is 0 Å². The van der Waals surface area contributed by atoms with Gasteiger partial charge in [0, 0.05) is 31.9 Å². The highest BCUT2D eigenvalue weighted by atomic mass is 16.5. The van der Waals surface area contributed by atoms with Crippen molar-refractivity contribution < 1.29 is 14.3 Å². The molecular weight excluding hydrogens is 278 g/mol. The first kappa shape index (κ1) is 15.5. The number of benzene rings is 1. The zero-order valence-corrected chi connectivity index (χ0v) is 13.3. The topological polar surface area (TPSA) is 38.8 Å². The van der Waals surface area contributed by atoms with Gasteiger partial charge in [-0.25, -0.2) is 0 Å². The molecule has 0 saturated carbocycles. The van der Waals surface area contributed by atoms with Gasteiger partial charge in [0.05, 0.1) is 12.2 Å². The molecule has 2 fully saturated rings. The van der Waals surface area contributed by atoms with Gasteiger partial charge in [0.2, 0.25) is 0 Å². The maximum atomic E-state index is 13.0. The highest BCUT2D eigenvalue weighted by Crippen LogP contribution is 2.20. The lowest BCUT2D eigenvalue weighted by molar-refractivity contribution is 0.0307. The Balaban J connectivity index is 1.73. The predicted molar refractivity (Wildman–Crippen MR) is 85.0 cm³/mol. The van der Waals surface area contributed by atoms with E-state index < -0.39 is 0 Å². The Morgan fingerprint density at radius 3 is 2.18 bits per heavy atom. The normalized spacial score (nSPS) is 24.6. The number of nitrogens with zero attached hydrogens (tertiary/aromatic N) is 1. The van der Waals surface area contributed by atoms with Crippen molar-refractivity contribution in [3.63, 3.8) is 0 Å². The molecule has 4 nitrogen and oxygen atoms in total. The van der Waals surface area contributed by atoms with Crippen LogP contribution in [0.3, 0.4) is 0 Å². The summed E-state index contributed by atoms with van der Waals surface area (Å²) in [5, 5.41) is 0. The highest BCUT2D eigenvalue weighted by Gasteiger charge is 2.27. The summed E-state index contributed by atoms with van der Waals surface area (Å²) in [5.41, 5.74) is 1.82. The standard InChI is InChI=1S/C18H25NO3/c1-14-6-2-3-9-17(14)18(20)19(12-15-7-4-10-21-15)13-16-8-5-11-22-16/h2-3,6,9,15-16H,4-5,7-8,10-13H2,1H3. The van der Waals surface area contributed by atoms with Gasteiger partial charge >= 0.3 is 0 Å². The first-order valence-electron chi connectivity index (χ1n) is 8.32. The van der Waals surface area contributed by atoms with Crippen LogP contribution in [0.2, 0.25) is 0 Å². The smallest absolute Gasteiger partial charge is 0.254 e. The second-order valence-corrected chi connectivity index (χ2v) is 6.30. The number of rotatable bonds is 5. The van der Waals surface area contributed by atoms with Crippen molar-refractivity contribution in [2.24, 2.45) is 0 Å². The number of amides is 1.